The molecule has 0 radical (unpaired) electrons. The topological polar surface area (TPSA) is 112 Å². The van der Waals surface area contributed by atoms with Crippen LogP contribution in [0.15, 0.2) is 0 Å². The lowest BCUT2D eigenvalue weighted by atomic mass is 10.1. The van der Waals surface area contributed by atoms with Crippen LogP contribution in [0.25, 0.3) is 0 Å². The molecule has 0 heterocycles. The fourth-order valence-corrected chi connectivity index (χ4v) is 0.455. The number of primary amides is 2. The van der Waals surface area contributed by atoms with Crippen LogP contribution in [0, 0.1) is 0 Å². The fourth-order valence-electron chi connectivity index (χ4n) is 0.455. The molecule has 2 atom stereocenters. The fraction of sp³-hybridized carbons (Fsp3) is 0.600. The Hall–Kier alpha value is -1.17. The summed E-state index contributed by atoms with van der Waals surface area (Å²) in [7, 11) is 0. The predicted molar refractivity (Wildman–Crippen MR) is 35.9 cm³/mol. The smallest absolute Gasteiger partial charge is 0.252 e. The summed E-state index contributed by atoms with van der Waals surface area (Å²) in [6.07, 6.45) is -2.36. The molecule has 1 unspecified atom stereocenters. The van der Waals surface area contributed by atoms with Gasteiger partial charge in [0.2, 0.25) is 5.91 Å². The van der Waals surface area contributed by atoms with Gasteiger partial charge in [0.05, 0.1) is 6.04 Å². The van der Waals surface area contributed by atoms with Crippen LogP contribution in [0.5, 0.6) is 0 Å². The number of amides is 2. The highest BCUT2D eigenvalue weighted by Gasteiger charge is 2.20. The van der Waals surface area contributed by atoms with Crippen LogP contribution < -0.4 is 17.2 Å². The molecule has 6 N–H and O–H groups in total. The van der Waals surface area contributed by atoms with E-state index >= 15 is 0 Å². The van der Waals surface area contributed by atoms with Gasteiger partial charge >= 0.3 is 0 Å². The second kappa shape index (κ2) is 3.87. The Kier molecular flexibility index (Phi) is 3.46. The average molecular weight is 163 g/mol. The first-order chi connectivity index (χ1) is 4.95. The minimum absolute atomic E-state index is 0.454. The summed E-state index contributed by atoms with van der Waals surface area (Å²) in [6.45, 7) is 0. The summed E-state index contributed by atoms with van der Waals surface area (Å²) in [6, 6.07) is -1.16. The second-order valence-corrected chi connectivity index (χ2v) is 2.11. The Morgan fingerprint density at radius 2 is 1.73 bits per heavy atom. The molecule has 0 aliphatic heterocycles. The minimum atomic E-state index is -1.91. The molecule has 5 nitrogen and oxygen atoms in total. The van der Waals surface area contributed by atoms with Crippen molar-refractivity contribution in [3.8, 4) is 0 Å². The van der Waals surface area contributed by atoms with Crippen LogP contribution in [-0.4, -0.2) is 24.0 Å². The van der Waals surface area contributed by atoms with Crippen LogP contribution in [-0.2, 0) is 9.59 Å². The van der Waals surface area contributed by atoms with Crippen LogP contribution in [0.3, 0.4) is 0 Å². The molecular weight excluding hydrogens is 153 g/mol. The van der Waals surface area contributed by atoms with Crippen molar-refractivity contribution in [1.82, 2.24) is 0 Å². The average Bonchev–Trinajstić information content (AvgIpc) is 1.87. The number of carbonyl (C=O) groups excluding carboxylic acids is 2. The lowest BCUT2D eigenvalue weighted by molar-refractivity contribution is -0.124. The van der Waals surface area contributed by atoms with E-state index in [1.165, 1.54) is 0 Å². The largest absolute Gasteiger partial charge is 0.368 e. The number of carbonyl (C=O) groups is 2. The summed E-state index contributed by atoms with van der Waals surface area (Å²) in [5.41, 5.74) is 14.3. The van der Waals surface area contributed by atoms with E-state index in [4.69, 9.17) is 11.5 Å². The minimum Gasteiger partial charge on any atom is -0.368 e. The maximum absolute atomic E-state index is 12.4. The molecule has 0 fully saturated rings. The molecule has 0 aliphatic rings. The predicted octanol–water partition coefficient (Wildman–Crippen LogP) is -1.99. The summed E-state index contributed by atoms with van der Waals surface area (Å²) in [4.78, 5) is 20.3. The highest BCUT2D eigenvalue weighted by molar-refractivity contribution is 5.82. The lowest BCUT2D eigenvalue weighted by Gasteiger charge is -2.07. The quantitative estimate of drug-likeness (QED) is 0.446. The molecule has 0 bridgehead atoms. The molecule has 0 aliphatic carbocycles. The highest BCUT2D eigenvalue weighted by atomic mass is 19.1. The maximum atomic E-state index is 12.4. The van der Waals surface area contributed by atoms with Gasteiger partial charge in [0.25, 0.3) is 5.91 Å². The Morgan fingerprint density at radius 3 is 2.00 bits per heavy atom. The molecule has 0 aromatic rings. The van der Waals surface area contributed by atoms with Crippen molar-refractivity contribution in [3.63, 3.8) is 0 Å². The van der Waals surface area contributed by atoms with Gasteiger partial charge in [0.1, 0.15) is 0 Å². The van der Waals surface area contributed by atoms with E-state index in [1.54, 1.807) is 0 Å². The number of nitrogens with two attached hydrogens (primary N) is 3. The molecule has 0 rings (SSSR count). The van der Waals surface area contributed by atoms with Gasteiger partial charge in [-0.1, -0.05) is 0 Å². The molecule has 0 aromatic carbocycles. The van der Waals surface area contributed by atoms with E-state index in [2.05, 4.69) is 5.73 Å². The third kappa shape index (κ3) is 3.51. The van der Waals surface area contributed by atoms with Crippen LogP contribution in [0.4, 0.5) is 4.39 Å². The first-order valence-corrected chi connectivity index (χ1v) is 2.93. The van der Waals surface area contributed by atoms with Crippen molar-refractivity contribution in [3.05, 3.63) is 0 Å². The zero-order valence-electron chi connectivity index (χ0n) is 5.79. The first-order valence-electron chi connectivity index (χ1n) is 2.93. The van der Waals surface area contributed by atoms with Crippen molar-refractivity contribution < 1.29 is 14.0 Å². The van der Waals surface area contributed by atoms with Crippen molar-refractivity contribution in [2.75, 3.05) is 0 Å². The Labute approximate surface area is 62.7 Å². The summed E-state index contributed by atoms with van der Waals surface area (Å²) in [5, 5.41) is 0. The standard InChI is InChI=1S/C5H10FN3O2/c6-2(4(8)10)1-3(7)5(9)11/h2-3H,1,7H2,(H2,8,10)(H2,9,11)/t2?,3-/m0/s1. The summed E-state index contributed by atoms with van der Waals surface area (Å²) >= 11 is 0. The maximum Gasteiger partial charge on any atom is 0.252 e. The third-order valence-electron chi connectivity index (χ3n) is 1.14. The van der Waals surface area contributed by atoms with E-state index in [0.29, 0.717) is 0 Å². The summed E-state index contributed by atoms with van der Waals surface area (Å²) in [5.74, 6) is -1.99. The van der Waals surface area contributed by atoms with Gasteiger partial charge in [0, 0.05) is 6.42 Å². The summed E-state index contributed by atoms with van der Waals surface area (Å²) < 4.78 is 12.4. The van der Waals surface area contributed by atoms with Crippen molar-refractivity contribution in [2.45, 2.75) is 18.6 Å². The molecule has 0 aromatic heterocycles. The van der Waals surface area contributed by atoms with E-state index in [-0.39, 0.29) is 0 Å². The van der Waals surface area contributed by atoms with Gasteiger partial charge in [-0.05, 0) is 0 Å². The van der Waals surface area contributed by atoms with E-state index in [9.17, 15) is 14.0 Å². The lowest BCUT2D eigenvalue weighted by Crippen LogP contribution is -2.41. The molecular formula is C5H10FN3O2. The van der Waals surface area contributed by atoms with Crippen molar-refractivity contribution >= 4 is 11.8 Å². The van der Waals surface area contributed by atoms with Gasteiger partial charge in [0.15, 0.2) is 6.17 Å². The van der Waals surface area contributed by atoms with Gasteiger partial charge in [-0.2, -0.15) is 0 Å². The van der Waals surface area contributed by atoms with Gasteiger partial charge in [-0.3, -0.25) is 9.59 Å². The Balaban J connectivity index is 3.84. The Bertz CT molecular complexity index is 155. The van der Waals surface area contributed by atoms with Gasteiger partial charge in [-0.25, -0.2) is 4.39 Å². The normalized spacial score (nSPS) is 15.5. The monoisotopic (exact) mass is 163 g/mol. The highest BCUT2D eigenvalue weighted by Crippen LogP contribution is 1.99. The SMILES string of the molecule is NC(=O)C(F)C[C@H](N)C(N)=O. The third-order valence-corrected chi connectivity index (χ3v) is 1.14. The van der Waals surface area contributed by atoms with E-state index in [1.807, 2.05) is 0 Å². The van der Waals surface area contributed by atoms with Crippen molar-refractivity contribution in [2.24, 2.45) is 17.2 Å². The van der Waals surface area contributed by atoms with E-state index in [0.717, 1.165) is 0 Å². The molecule has 11 heavy (non-hydrogen) atoms. The van der Waals surface area contributed by atoms with Crippen LogP contribution >= 0.6 is 0 Å². The number of rotatable bonds is 4. The number of halogens is 1. The molecule has 0 saturated heterocycles. The number of alkyl halides is 1. The number of hydrogen-bond donors (Lipinski definition) is 3. The zero-order chi connectivity index (χ0) is 9.02. The van der Waals surface area contributed by atoms with E-state index < -0.39 is 30.4 Å². The molecule has 64 valence electrons. The van der Waals surface area contributed by atoms with Gasteiger partial charge in [-0.15, -0.1) is 0 Å². The van der Waals surface area contributed by atoms with Crippen LogP contribution in [0.1, 0.15) is 6.42 Å². The molecule has 0 spiro atoms. The second-order valence-electron chi connectivity index (χ2n) is 2.11. The van der Waals surface area contributed by atoms with Crippen molar-refractivity contribution in [1.29, 1.82) is 0 Å². The molecule has 0 saturated carbocycles. The van der Waals surface area contributed by atoms with Crippen LogP contribution in [0.2, 0.25) is 0 Å². The number of hydrogen-bond acceptors (Lipinski definition) is 3. The zero-order valence-corrected chi connectivity index (χ0v) is 5.79. The van der Waals surface area contributed by atoms with Gasteiger partial charge < -0.3 is 17.2 Å². The Morgan fingerprint density at radius 1 is 1.27 bits per heavy atom. The molecule has 2 amide bonds. The first kappa shape index (κ1) is 9.83. The molecule has 6 heteroatoms.